The Balaban J connectivity index is 2.04. The van der Waals surface area contributed by atoms with E-state index in [1.807, 2.05) is 30.4 Å². The largest absolute Gasteiger partial charge is 0.399 e. The van der Waals surface area contributed by atoms with E-state index in [2.05, 4.69) is 31.3 Å². The SMILES string of the molecule is Cc1cc(NCc2cc(C)c(C)s2)ccc1N. The van der Waals surface area contributed by atoms with Gasteiger partial charge in [-0.15, -0.1) is 11.3 Å². The highest BCUT2D eigenvalue weighted by molar-refractivity contribution is 7.12. The minimum atomic E-state index is 0.846. The summed E-state index contributed by atoms with van der Waals surface area (Å²) in [4.78, 5) is 2.77. The first kappa shape index (κ1) is 12.0. The van der Waals surface area contributed by atoms with E-state index in [1.165, 1.54) is 15.3 Å². The highest BCUT2D eigenvalue weighted by Gasteiger charge is 2.02. The molecule has 17 heavy (non-hydrogen) atoms. The van der Waals surface area contributed by atoms with Gasteiger partial charge in [0.15, 0.2) is 0 Å². The quantitative estimate of drug-likeness (QED) is 0.807. The van der Waals surface area contributed by atoms with Crippen LogP contribution in [0.15, 0.2) is 24.3 Å². The van der Waals surface area contributed by atoms with Gasteiger partial charge in [0.05, 0.1) is 0 Å². The summed E-state index contributed by atoms with van der Waals surface area (Å²) in [5, 5.41) is 3.42. The van der Waals surface area contributed by atoms with E-state index < -0.39 is 0 Å². The Hall–Kier alpha value is -1.48. The van der Waals surface area contributed by atoms with Crippen molar-refractivity contribution in [2.75, 3.05) is 11.1 Å². The van der Waals surface area contributed by atoms with Crippen molar-refractivity contribution in [2.45, 2.75) is 27.3 Å². The van der Waals surface area contributed by atoms with Gasteiger partial charge >= 0.3 is 0 Å². The maximum Gasteiger partial charge on any atom is 0.0494 e. The van der Waals surface area contributed by atoms with Gasteiger partial charge in [-0.1, -0.05) is 0 Å². The smallest absolute Gasteiger partial charge is 0.0494 e. The monoisotopic (exact) mass is 246 g/mol. The van der Waals surface area contributed by atoms with Crippen LogP contribution in [0.2, 0.25) is 0 Å². The number of benzene rings is 1. The Bertz CT molecular complexity index is 510. The zero-order valence-corrected chi connectivity index (χ0v) is 11.3. The average molecular weight is 246 g/mol. The summed E-state index contributed by atoms with van der Waals surface area (Å²) < 4.78 is 0. The van der Waals surface area contributed by atoms with Gasteiger partial charge in [0, 0.05) is 27.7 Å². The van der Waals surface area contributed by atoms with Crippen LogP contribution in [-0.4, -0.2) is 0 Å². The van der Waals surface area contributed by atoms with Gasteiger partial charge in [0.1, 0.15) is 0 Å². The minimum Gasteiger partial charge on any atom is -0.399 e. The minimum absolute atomic E-state index is 0.846. The van der Waals surface area contributed by atoms with Crippen molar-refractivity contribution in [3.63, 3.8) is 0 Å². The third kappa shape index (κ3) is 2.80. The first-order chi connectivity index (χ1) is 8.06. The molecule has 2 aromatic rings. The fourth-order valence-electron chi connectivity index (χ4n) is 1.71. The molecular weight excluding hydrogens is 228 g/mol. The summed E-state index contributed by atoms with van der Waals surface area (Å²) in [5.41, 5.74) is 10.3. The average Bonchev–Trinajstić information content (AvgIpc) is 2.60. The fraction of sp³-hybridized carbons (Fsp3) is 0.286. The van der Waals surface area contributed by atoms with E-state index in [1.54, 1.807) is 0 Å². The highest BCUT2D eigenvalue weighted by atomic mass is 32.1. The molecule has 0 radical (unpaired) electrons. The van der Waals surface area contributed by atoms with E-state index >= 15 is 0 Å². The molecule has 0 fully saturated rings. The van der Waals surface area contributed by atoms with Crippen LogP contribution >= 0.6 is 11.3 Å². The molecule has 0 saturated carbocycles. The van der Waals surface area contributed by atoms with Crippen LogP contribution in [0.25, 0.3) is 0 Å². The molecule has 0 spiro atoms. The number of hydrogen-bond acceptors (Lipinski definition) is 3. The summed E-state index contributed by atoms with van der Waals surface area (Å²) >= 11 is 1.85. The first-order valence-electron chi connectivity index (χ1n) is 5.72. The van der Waals surface area contributed by atoms with E-state index in [-0.39, 0.29) is 0 Å². The lowest BCUT2D eigenvalue weighted by molar-refractivity contribution is 1.18. The molecule has 3 heteroatoms. The van der Waals surface area contributed by atoms with Crippen LogP contribution in [0.5, 0.6) is 0 Å². The lowest BCUT2D eigenvalue weighted by atomic mass is 10.2. The lowest BCUT2D eigenvalue weighted by Gasteiger charge is -2.07. The third-order valence-corrected chi connectivity index (χ3v) is 4.11. The fourth-order valence-corrected chi connectivity index (χ4v) is 2.70. The maximum absolute atomic E-state index is 5.79. The maximum atomic E-state index is 5.79. The molecule has 0 aliphatic carbocycles. The summed E-state index contributed by atoms with van der Waals surface area (Å²) in [5.74, 6) is 0. The van der Waals surface area contributed by atoms with Crippen molar-refractivity contribution < 1.29 is 0 Å². The van der Waals surface area contributed by atoms with Crippen molar-refractivity contribution in [3.05, 3.63) is 45.1 Å². The number of nitrogens with one attached hydrogen (secondary N) is 1. The molecule has 0 aliphatic rings. The molecular formula is C14H18N2S. The predicted molar refractivity (Wildman–Crippen MR) is 76.7 cm³/mol. The molecule has 0 saturated heterocycles. The Kier molecular flexibility index (Phi) is 3.38. The summed E-state index contributed by atoms with van der Waals surface area (Å²) in [7, 11) is 0. The molecule has 1 heterocycles. The summed E-state index contributed by atoms with van der Waals surface area (Å²) in [6.07, 6.45) is 0. The predicted octanol–water partition coefficient (Wildman–Crippen LogP) is 3.87. The van der Waals surface area contributed by atoms with E-state index in [9.17, 15) is 0 Å². The standard InChI is InChI=1S/C14H18N2S/c1-9-7-13(17-11(9)3)8-16-12-4-5-14(15)10(2)6-12/h4-7,16H,8,15H2,1-3H3. The normalized spacial score (nSPS) is 10.5. The molecule has 2 rings (SSSR count). The third-order valence-electron chi connectivity index (χ3n) is 2.95. The Morgan fingerprint density at radius 2 is 1.88 bits per heavy atom. The molecule has 0 unspecified atom stereocenters. The number of nitrogen functional groups attached to an aromatic ring is 1. The van der Waals surface area contributed by atoms with Gasteiger partial charge in [-0.3, -0.25) is 0 Å². The topological polar surface area (TPSA) is 38.0 Å². The van der Waals surface area contributed by atoms with Gasteiger partial charge in [-0.25, -0.2) is 0 Å². The zero-order chi connectivity index (χ0) is 12.4. The lowest BCUT2D eigenvalue weighted by Crippen LogP contribution is -1.98. The van der Waals surface area contributed by atoms with E-state index in [4.69, 9.17) is 5.73 Å². The number of anilines is 2. The highest BCUT2D eigenvalue weighted by Crippen LogP contribution is 2.22. The molecule has 0 aliphatic heterocycles. The second kappa shape index (κ2) is 4.80. The molecule has 0 atom stereocenters. The van der Waals surface area contributed by atoms with Crippen LogP contribution in [0.4, 0.5) is 11.4 Å². The molecule has 1 aromatic carbocycles. The molecule has 3 N–H and O–H groups in total. The van der Waals surface area contributed by atoms with Gasteiger partial charge in [-0.05, 0) is 56.2 Å². The van der Waals surface area contributed by atoms with Gasteiger partial charge < -0.3 is 11.1 Å². The van der Waals surface area contributed by atoms with Crippen LogP contribution in [-0.2, 0) is 6.54 Å². The van der Waals surface area contributed by atoms with Crippen LogP contribution in [0, 0.1) is 20.8 Å². The van der Waals surface area contributed by atoms with Crippen molar-refractivity contribution in [2.24, 2.45) is 0 Å². The van der Waals surface area contributed by atoms with Gasteiger partial charge in [0.25, 0.3) is 0 Å². The van der Waals surface area contributed by atoms with Gasteiger partial charge in [-0.2, -0.15) is 0 Å². The van der Waals surface area contributed by atoms with E-state index in [0.717, 1.165) is 23.5 Å². The molecule has 0 bridgehead atoms. The van der Waals surface area contributed by atoms with Crippen molar-refractivity contribution >= 4 is 22.7 Å². The van der Waals surface area contributed by atoms with Crippen LogP contribution in [0.3, 0.4) is 0 Å². The van der Waals surface area contributed by atoms with Gasteiger partial charge in [0.2, 0.25) is 0 Å². The molecule has 1 aromatic heterocycles. The number of nitrogens with two attached hydrogens (primary N) is 1. The second-order valence-electron chi connectivity index (χ2n) is 4.38. The number of thiophene rings is 1. The van der Waals surface area contributed by atoms with E-state index in [0.29, 0.717) is 0 Å². The Morgan fingerprint density at radius 1 is 1.12 bits per heavy atom. The number of rotatable bonds is 3. The number of hydrogen-bond donors (Lipinski definition) is 2. The molecule has 0 amide bonds. The van der Waals surface area contributed by atoms with Crippen LogP contribution < -0.4 is 11.1 Å². The first-order valence-corrected chi connectivity index (χ1v) is 6.54. The Labute approximate surface area is 106 Å². The Morgan fingerprint density at radius 3 is 2.47 bits per heavy atom. The second-order valence-corrected chi connectivity index (χ2v) is 5.72. The summed E-state index contributed by atoms with van der Waals surface area (Å²) in [6, 6.07) is 8.30. The van der Waals surface area contributed by atoms with Crippen molar-refractivity contribution in [3.8, 4) is 0 Å². The zero-order valence-electron chi connectivity index (χ0n) is 10.5. The van der Waals surface area contributed by atoms with Crippen molar-refractivity contribution in [1.29, 1.82) is 0 Å². The molecule has 2 nitrogen and oxygen atoms in total. The number of aryl methyl sites for hydroxylation is 3. The van der Waals surface area contributed by atoms with Crippen LogP contribution in [0.1, 0.15) is 20.9 Å². The van der Waals surface area contributed by atoms with Crippen molar-refractivity contribution in [1.82, 2.24) is 0 Å². The summed E-state index contributed by atoms with van der Waals surface area (Å²) in [6.45, 7) is 7.22. The molecule has 90 valence electrons.